The van der Waals surface area contributed by atoms with Crippen LogP contribution in [0.4, 0.5) is 5.95 Å². The number of aliphatic hydroxyl groups is 1. The molecule has 0 aliphatic carbocycles. The molecule has 1 aliphatic heterocycles. The Hall–Kier alpha value is -2.17. The van der Waals surface area contributed by atoms with Crippen LogP contribution >= 0.6 is 0 Å². The van der Waals surface area contributed by atoms with E-state index in [-0.39, 0.29) is 24.8 Å². The van der Waals surface area contributed by atoms with E-state index in [9.17, 15) is 14.7 Å². The van der Waals surface area contributed by atoms with Crippen LogP contribution in [0.2, 0.25) is 0 Å². The first-order chi connectivity index (χ1) is 12.8. The highest BCUT2D eigenvalue weighted by atomic mass is 16.5. The lowest BCUT2D eigenvalue weighted by molar-refractivity contribution is -0.000195. The highest BCUT2D eigenvalue weighted by Gasteiger charge is 2.25. The first-order valence-corrected chi connectivity index (χ1v) is 9.20. The molecule has 0 bridgehead atoms. The van der Waals surface area contributed by atoms with Gasteiger partial charge in [-0.1, -0.05) is 0 Å². The molecule has 3 heterocycles. The quantitative estimate of drug-likeness (QED) is 0.659. The number of imidazole rings is 1. The third-order valence-corrected chi connectivity index (χ3v) is 4.79. The third kappa shape index (κ3) is 4.07. The lowest BCUT2D eigenvalue weighted by Crippen LogP contribution is -2.45. The van der Waals surface area contributed by atoms with E-state index in [4.69, 9.17) is 4.74 Å². The summed E-state index contributed by atoms with van der Waals surface area (Å²) in [6.07, 6.45) is -0.798. The number of aromatic amines is 1. The summed E-state index contributed by atoms with van der Waals surface area (Å²) in [6.45, 7) is 7.36. The summed E-state index contributed by atoms with van der Waals surface area (Å²) in [7, 11) is 3.63. The van der Waals surface area contributed by atoms with Crippen LogP contribution in [-0.4, -0.2) is 81.2 Å². The fourth-order valence-corrected chi connectivity index (χ4v) is 3.21. The molecular weight excluding hydrogens is 352 g/mol. The number of piperazine rings is 1. The molecule has 0 radical (unpaired) electrons. The van der Waals surface area contributed by atoms with Crippen LogP contribution in [0.5, 0.6) is 0 Å². The number of nitrogens with one attached hydrogen (secondary N) is 1. The van der Waals surface area contributed by atoms with Gasteiger partial charge in [0, 0.05) is 33.2 Å². The molecule has 27 heavy (non-hydrogen) atoms. The average molecular weight is 380 g/mol. The number of ether oxygens (including phenoxy) is 1. The fourth-order valence-electron chi connectivity index (χ4n) is 3.21. The summed E-state index contributed by atoms with van der Waals surface area (Å²) in [5, 5.41) is 10.4. The van der Waals surface area contributed by atoms with E-state index in [0.29, 0.717) is 11.6 Å². The molecule has 2 N–H and O–H groups in total. The van der Waals surface area contributed by atoms with Crippen molar-refractivity contribution in [1.29, 1.82) is 0 Å². The van der Waals surface area contributed by atoms with E-state index in [0.717, 1.165) is 26.2 Å². The number of anilines is 1. The van der Waals surface area contributed by atoms with Crippen molar-refractivity contribution in [2.24, 2.45) is 7.05 Å². The lowest BCUT2D eigenvalue weighted by Gasteiger charge is -2.33. The zero-order chi connectivity index (χ0) is 19.7. The van der Waals surface area contributed by atoms with Crippen LogP contribution in [0.1, 0.15) is 13.8 Å². The number of hydrogen-bond donors (Lipinski definition) is 2. The smallest absolute Gasteiger partial charge is 0.329 e. The number of aryl methyl sites for hydroxylation is 1. The summed E-state index contributed by atoms with van der Waals surface area (Å²) in [5.74, 6) is 0.591. The monoisotopic (exact) mass is 380 g/mol. The number of H-pyrrole nitrogens is 1. The number of fused-ring (bicyclic) bond motifs is 1. The zero-order valence-electron chi connectivity index (χ0n) is 16.3. The largest absolute Gasteiger partial charge is 0.389 e. The van der Waals surface area contributed by atoms with Crippen LogP contribution in [-0.2, 0) is 18.3 Å². The lowest BCUT2D eigenvalue weighted by atomic mass is 10.3. The minimum absolute atomic E-state index is 0.000470. The second-order valence-electron chi connectivity index (χ2n) is 7.34. The van der Waals surface area contributed by atoms with Gasteiger partial charge in [-0.2, -0.15) is 4.98 Å². The van der Waals surface area contributed by atoms with E-state index >= 15 is 0 Å². The van der Waals surface area contributed by atoms with Gasteiger partial charge in [0.2, 0.25) is 5.95 Å². The van der Waals surface area contributed by atoms with Crippen LogP contribution < -0.4 is 16.1 Å². The van der Waals surface area contributed by atoms with Gasteiger partial charge in [0.25, 0.3) is 5.56 Å². The minimum Gasteiger partial charge on any atom is -0.389 e. The molecule has 3 rings (SSSR count). The maximum Gasteiger partial charge on any atom is 0.329 e. The SMILES string of the molecule is CC(C)OC[C@@H](O)Cn1c(N2CCN(C)CC2)nc2c1c(=O)[nH]c(=O)n2C. The highest BCUT2D eigenvalue weighted by molar-refractivity contribution is 5.74. The van der Waals surface area contributed by atoms with E-state index < -0.39 is 17.4 Å². The van der Waals surface area contributed by atoms with Crippen molar-refractivity contribution in [3.8, 4) is 0 Å². The zero-order valence-corrected chi connectivity index (χ0v) is 16.3. The molecule has 0 saturated carbocycles. The van der Waals surface area contributed by atoms with Gasteiger partial charge in [0.15, 0.2) is 11.2 Å². The van der Waals surface area contributed by atoms with E-state index in [1.165, 1.54) is 4.57 Å². The van der Waals surface area contributed by atoms with Gasteiger partial charge < -0.3 is 24.2 Å². The molecule has 10 heteroatoms. The Balaban J connectivity index is 2.04. The summed E-state index contributed by atoms with van der Waals surface area (Å²) in [6, 6.07) is 0. The Kier molecular flexibility index (Phi) is 5.68. The molecule has 0 aromatic carbocycles. The van der Waals surface area contributed by atoms with Crippen molar-refractivity contribution in [1.82, 2.24) is 24.0 Å². The Morgan fingerprint density at radius 1 is 1.19 bits per heavy atom. The molecule has 0 spiro atoms. The number of aromatic nitrogens is 4. The second kappa shape index (κ2) is 7.83. The van der Waals surface area contributed by atoms with Crippen molar-refractivity contribution >= 4 is 17.1 Å². The summed E-state index contributed by atoms with van der Waals surface area (Å²) in [4.78, 5) is 35.7. The summed E-state index contributed by atoms with van der Waals surface area (Å²) in [5.41, 5.74) is -0.409. The van der Waals surface area contributed by atoms with Crippen molar-refractivity contribution < 1.29 is 9.84 Å². The molecule has 1 aliphatic rings. The number of aliphatic hydroxyl groups excluding tert-OH is 1. The average Bonchev–Trinajstić information content (AvgIpc) is 2.98. The fraction of sp³-hybridized carbons (Fsp3) is 0.706. The molecule has 0 unspecified atom stereocenters. The van der Waals surface area contributed by atoms with Crippen LogP contribution in [0, 0.1) is 0 Å². The minimum atomic E-state index is -0.798. The molecule has 0 amide bonds. The van der Waals surface area contributed by atoms with E-state index in [1.807, 2.05) is 13.8 Å². The molecule has 2 aromatic heterocycles. The normalized spacial score (nSPS) is 17.2. The second-order valence-corrected chi connectivity index (χ2v) is 7.34. The van der Waals surface area contributed by atoms with Crippen molar-refractivity contribution in [2.75, 3.05) is 44.7 Å². The van der Waals surface area contributed by atoms with Gasteiger partial charge in [0.1, 0.15) is 0 Å². The van der Waals surface area contributed by atoms with Crippen LogP contribution in [0.15, 0.2) is 9.59 Å². The third-order valence-electron chi connectivity index (χ3n) is 4.79. The first-order valence-electron chi connectivity index (χ1n) is 9.20. The van der Waals surface area contributed by atoms with Crippen LogP contribution in [0.3, 0.4) is 0 Å². The predicted molar refractivity (Wildman–Crippen MR) is 102 cm³/mol. The van der Waals surface area contributed by atoms with Gasteiger partial charge in [0.05, 0.1) is 25.4 Å². The Bertz CT molecular complexity index is 907. The van der Waals surface area contributed by atoms with Gasteiger partial charge in [-0.25, -0.2) is 4.79 Å². The van der Waals surface area contributed by atoms with Crippen LogP contribution in [0.25, 0.3) is 11.2 Å². The van der Waals surface area contributed by atoms with Gasteiger partial charge >= 0.3 is 5.69 Å². The standard InChI is InChI=1S/C17H28N6O4/c1-11(2)27-10-12(24)9-23-13-14(21(4)17(26)19-15(13)25)18-16(23)22-7-5-20(3)6-8-22/h11-12,24H,5-10H2,1-4H3,(H,19,25,26)/t12-/m0/s1. The molecule has 2 aromatic rings. The maximum absolute atomic E-state index is 12.5. The van der Waals surface area contributed by atoms with Crippen molar-refractivity contribution in [2.45, 2.75) is 32.6 Å². The highest BCUT2D eigenvalue weighted by Crippen LogP contribution is 2.21. The molecule has 1 fully saturated rings. The topological polar surface area (TPSA) is 109 Å². The number of nitrogens with zero attached hydrogens (tertiary/aromatic N) is 5. The first kappa shape index (κ1) is 19.6. The summed E-state index contributed by atoms with van der Waals surface area (Å²) < 4.78 is 8.52. The number of rotatable bonds is 6. The predicted octanol–water partition coefficient (Wildman–Crippen LogP) is -1.04. The molecule has 150 valence electrons. The Morgan fingerprint density at radius 3 is 2.48 bits per heavy atom. The summed E-state index contributed by atoms with van der Waals surface area (Å²) >= 11 is 0. The van der Waals surface area contributed by atoms with Crippen molar-refractivity contribution in [3.05, 3.63) is 20.8 Å². The molecule has 1 saturated heterocycles. The van der Waals surface area contributed by atoms with Gasteiger partial charge in [-0.05, 0) is 20.9 Å². The van der Waals surface area contributed by atoms with E-state index in [2.05, 4.69) is 26.8 Å². The molecule has 10 nitrogen and oxygen atoms in total. The Labute approximate surface area is 157 Å². The number of hydrogen-bond acceptors (Lipinski definition) is 7. The Morgan fingerprint density at radius 2 is 1.85 bits per heavy atom. The van der Waals surface area contributed by atoms with Gasteiger partial charge in [-0.15, -0.1) is 0 Å². The van der Waals surface area contributed by atoms with Gasteiger partial charge in [-0.3, -0.25) is 14.3 Å². The van der Waals surface area contributed by atoms with E-state index in [1.54, 1.807) is 11.6 Å². The molecular formula is C17H28N6O4. The van der Waals surface area contributed by atoms with Crippen molar-refractivity contribution in [3.63, 3.8) is 0 Å². The molecule has 1 atom stereocenters. The maximum atomic E-state index is 12.5. The number of likely N-dealkylation sites (N-methyl/N-ethyl adjacent to an activating group) is 1.